The predicted molar refractivity (Wildman–Crippen MR) is 42.2 cm³/mol. The lowest BCUT2D eigenvalue weighted by atomic mass is 10.6. The third-order valence-corrected chi connectivity index (χ3v) is 2.26. The van der Waals surface area contributed by atoms with Gasteiger partial charge in [0.2, 0.25) is 5.91 Å². The number of carbonyl (C=O) groups is 1. The van der Waals surface area contributed by atoms with Gasteiger partial charge in [0.1, 0.15) is 5.75 Å². The van der Waals surface area contributed by atoms with E-state index in [1.807, 2.05) is 6.07 Å². The zero-order valence-corrected chi connectivity index (χ0v) is 7.11. The lowest BCUT2D eigenvalue weighted by Gasteiger charge is -1.96. The Balaban J connectivity index is 3.54. The minimum Gasteiger partial charge on any atom is -0.358 e. The minimum atomic E-state index is -1.18. The molecule has 4 nitrogen and oxygen atoms in total. The van der Waals surface area contributed by atoms with Gasteiger partial charge in [0.15, 0.2) is 0 Å². The van der Waals surface area contributed by atoms with E-state index in [4.69, 9.17) is 5.26 Å². The molecule has 0 aromatic carbocycles. The van der Waals surface area contributed by atoms with Crippen molar-refractivity contribution in [2.45, 2.75) is 6.42 Å². The maximum atomic E-state index is 10.9. The normalized spacial score (nSPS) is 11.6. The fourth-order valence-corrected chi connectivity index (χ4v) is 1.35. The van der Waals surface area contributed by atoms with Gasteiger partial charge in [0.25, 0.3) is 0 Å². The van der Waals surface area contributed by atoms with Gasteiger partial charge in [0.05, 0.1) is 6.07 Å². The number of nitriles is 1. The second-order valence-corrected chi connectivity index (χ2v) is 3.45. The Labute approximate surface area is 68.0 Å². The van der Waals surface area contributed by atoms with Crippen LogP contribution in [0.4, 0.5) is 0 Å². The van der Waals surface area contributed by atoms with Gasteiger partial charge in [-0.05, 0) is 0 Å². The van der Waals surface area contributed by atoms with Gasteiger partial charge in [-0.15, -0.1) is 0 Å². The molecule has 62 valence electrons. The molecule has 0 aliphatic rings. The summed E-state index contributed by atoms with van der Waals surface area (Å²) in [6.07, 6.45) is 0.240. The van der Waals surface area contributed by atoms with Crippen LogP contribution in [-0.4, -0.2) is 28.7 Å². The van der Waals surface area contributed by atoms with E-state index in [-0.39, 0.29) is 23.8 Å². The Bertz CT molecular complexity index is 197. The lowest BCUT2D eigenvalue weighted by Crippen LogP contribution is -2.25. The van der Waals surface area contributed by atoms with Crippen molar-refractivity contribution < 1.29 is 9.00 Å². The predicted octanol–water partition coefficient (Wildman–Crippen LogP) is -0.605. The highest BCUT2D eigenvalue weighted by Gasteiger charge is 2.04. The first kappa shape index (κ1) is 10.1. The van der Waals surface area contributed by atoms with Crippen LogP contribution >= 0.6 is 0 Å². The van der Waals surface area contributed by atoms with Gasteiger partial charge in [-0.2, -0.15) is 5.26 Å². The molecule has 0 saturated carbocycles. The van der Waals surface area contributed by atoms with Crippen molar-refractivity contribution in [1.82, 2.24) is 5.32 Å². The molecular formula is C6H10N2O2S. The molecule has 0 bridgehead atoms. The van der Waals surface area contributed by atoms with Gasteiger partial charge in [0, 0.05) is 30.0 Å². The van der Waals surface area contributed by atoms with E-state index in [0.717, 1.165) is 0 Å². The molecule has 0 spiro atoms. The molecule has 0 radical (unpaired) electrons. The molecule has 1 unspecified atom stereocenters. The molecular weight excluding hydrogens is 164 g/mol. The molecule has 0 aliphatic heterocycles. The zero-order valence-electron chi connectivity index (χ0n) is 6.29. The van der Waals surface area contributed by atoms with Crippen molar-refractivity contribution in [2.75, 3.05) is 18.6 Å². The molecule has 0 heterocycles. The number of amides is 1. The first-order chi connectivity index (χ1) is 5.20. The molecule has 0 saturated heterocycles. The van der Waals surface area contributed by atoms with Gasteiger partial charge < -0.3 is 5.32 Å². The summed E-state index contributed by atoms with van der Waals surface area (Å²) in [5, 5.41) is 10.5. The number of hydrogen-bond acceptors (Lipinski definition) is 3. The monoisotopic (exact) mass is 174 g/mol. The summed E-state index contributed by atoms with van der Waals surface area (Å²) in [6, 6.07) is 1.87. The molecule has 11 heavy (non-hydrogen) atoms. The smallest absolute Gasteiger partial charge is 0.232 e. The third-order valence-electron chi connectivity index (χ3n) is 1.01. The summed E-state index contributed by atoms with van der Waals surface area (Å²) in [5.74, 6) is 0.0310. The largest absolute Gasteiger partial charge is 0.358 e. The summed E-state index contributed by atoms with van der Waals surface area (Å²) in [4.78, 5) is 10.6. The Kier molecular flexibility index (Phi) is 5.39. The number of nitrogens with one attached hydrogen (secondary N) is 1. The molecule has 5 heteroatoms. The standard InChI is InChI=1S/C6H10N2O2S/c1-8-6(9)5-11(10)4-2-3-7/h2,4-5H2,1H3,(H,8,9). The minimum absolute atomic E-state index is 0.00181. The van der Waals surface area contributed by atoms with Gasteiger partial charge in [-0.25, -0.2) is 0 Å². The van der Waals surface area contributed by atoms with Gasteiger partial charge in [-0.1, -0.05) is 0 Å². The van der Waals surface area contributed by atoms with Crippen molar-refractivity contribution in [3.8, 4) is 6.07 Å². The van der Waals surface area contributed by atoms with Crippen LogP contribution in [0.5, 0.6) is 0 Å². The number of hydrogen-bond donors (Lipinski definition) is 1. The van der Waals surface area contributed by atoms with Crippen molar-refractivity contribution in [1.29, 1.82) is 5.26 Å². The molecule has 0 aliphatic carbocycles. The summed E-state index contributed by atoms with van der Waals surface area (Å²) in [7, 11) is 0.305. The molecule has 0 aromatic heterocycles. The second-order valence-electron chi connectivity index (χ2n) is 1.87. The van der Waals surface area contributed by atoms with Crippen molar-refractivity contribution in [3.05, 3.63) is 0 Å². The van der Waals surface area contributed by atoms with Crippen LogP contribution < -0.4 is 5.32 Å². The van der Waals surface area contributed by atoms with E-state index < -0.39 is 10.8 Å². The third kappa shape index (κ3) is 5.55. The highest BCUT2D eigenvalue weighted by molar-refractivity contribution is 7.85. The fourth-order valence-electron chi connectivity index (χ4n) is 0.450. The summed E-state index contributed by atoms with van der Waals surface area (Å²) >= 11 is 0. The molecule has 1 amide bonds. The van der Waals surface area contributed by atoms with Crippen molar-refractivity contribution >= 4 is 16.7 Å². The van der Waals surface area contributed by atoms with Crippen LogP contribution in [0.15, 0.2) is 0 Å². The van der Waals surface area contributed by atoms with Gasteiger partial charge in [-0.3, -0.25) is 9.00 Å². The highest BCUT2D eigenvalue weighted by atomic mass is 32.2. The molecule has 0 rings (SSSR count). The van der Waals surface area contributed by atoms with Crippen LogP contribution in [0.25, 0.3) is 0 Å². The fraction of sp³-hybridized carbons (Fsp3) is 0.667. The van der Waals surface area contributed by atoms with Gasteiger partial charge >= 0.3 is 0 Å². The topological polar surface area (TPSA) is 70.0 Å². The Morgan fingerprint density at radius 1 is 1.73 bits per heavy atom. The lowest BCUT2D eigenvalue weighted by molar-refractivity contribution is -0.118. The van der Waals surface area contributed by atoms with Crippen molar-refractivity contribution in [3.63, 3.8) is 0 Å². The van der Waals surface area contributed by atoms with Crippen molar-refractivity contribution in [2.24, 2.45) is 0 Å². The highest BCUT2D eigenvalue weighted by Crippen LogP contribution is 1.85. The number of nitrogens with zero attached hydrogens (tertiary/aromatic N) is 1. The van der Waals surface area contributed by atoms with Crippen LogP contribution in [0.1, 0.15) is 6.42 Å². The molecule has 1 atom stereocenters. The SMILES string of the molecule is CNC(=O)CS(=O)CCC#N. The molecule has 1 N–H and O–H groups in total. The quantitative estimate of drug-likeness (QED) is 0.618. The maximum Gasteiger partial charge on any atom is 0.232 e. The van der Waals surface area contributed by atoms with E-state index >= 15 is 0 Å². The van der Waals surface area contributed by atoms with E-state index in [1.54, 1.807) is 0 Å². The average Bonchev–Trinajstić information content (AvgIpc) is 2.00. The first-order valence-corrected chi connectivity index (χ1v) is 4.62. The van der Waals surface area contributed by atoms with Crippen LogP contribution in [0, 0.1) is 11.3 Å². The first-order valence-electron chi connectivity index (χ1n) is 3.13. The number of carbonyl (C=O) groups excluding carboxylic acids is 1. The average molecular weight is 174 g/mol. The summed E-state index contributed by atoms with van der Waals surface area (Å²) in [6.45, 7) is 0. The van der Waals surface area contributed by atoms with Crippen LogP contribution in [0.2, 0.25) is 0 Å². The van der Waals surface area contributed by atoms with E-state index in [1.165, 1.54) is 7.05 Å². The van der Waals surface area contributed by atoms with E-state index in [9.17, 15) is 9.00 Å². The summed E-state index contributed by atoms with van der Waals surface area (Å²) in [5.41, 5.74) is 0. The van der Waals surface area contributed by atoms with E-state index in [2.05, 4.69) is 5.32 Å². The Hall–Kier alpha value is -0.890. The van der Waals surface area contributed by atoms with E-state index in [0.29, 0.717) is 0 Å². The van der Waals surface area contributed by atoms with Crippen LogP contribution in [-0.2, 0) is 15.6 Å². The second kappa shape index (κ2) is 5.86. The molecule has 0 aromatic rings. The Morgan fingerprint density at radius 2 is 2.36 bits per heavy atom. The number of rotatable bonds is 4. The van der Waals surface area contributed by atoms with Crippen LogP contribution in [0.3, 0.4) is 0 Å². The Morgan fingerprint density at radius 3 is 2.82 bits per heavy atom. The molecule has 0 fully saturated rings. The maximum absolute atomic E-state index is 10.9. The zero-order chi connectivity index (χ0) is 8.69. The summed E-state index contributed by atoms with van der Waals surface area (Å²) < 4.78 is 10.9.